The summed E-state index contributed by atoms with van der Waals surface area (Å²) in [5.41, 5.74) is 5.57. The molecule has 0 amide bonds. The molecule has 0 unspecified atom stereocenters. The van der Waals surface area contributed by atoms with E-state index in [4.69, 9.17) is 10.5 Å². The van der Waals surface area contributed by atoms with Crippen LogP contribution >= 0.6 is 0 Å². The number of nitrogens with two attached hydrogens (primary N) is 1. The van der Waals surface area contributed by atoms with Crippen molar-refractivity contribution in [2.75, 3.05) is 25.1 Å². The number of aromatic carboxylic acids is 1. The molecular weight excluding hydrogens is 353 g/mol. The van der Waals surface area contributed by atoms with E-state index in [1.54, 1.807) is 4.57 Å². The van der Waals surface area contributed by atoms with Gasteiger partial charge in [0.2, 0.25) is 5.43 Å². The maximum atomic E-state index is 15.0. The zero-order chi connectivity index (χ0) is 19.9. The van der Waals surface area contributed by atoms with Crippen molar-refractivity contribution in [2.24, 2.45) is 11.7 Å². The van der Waals surface area contributed by atoms with Gasteiger partial charge in [0.25, 0.3) is 0 Å². The molecule has 7 nitrogen and oxygen atoms in total. The predicted molar refractivity (Wildman–Crippen MR) is 101 cm³/mol. The predicted octanol–water partition coefficient (Wildman–Crippen LogP) is 2.04. The molecule has 1 saturated heterocycles. The van der Waals surface area contributed by atoms with Gasteiger partial charge in [-0.1, -0.05) is 0 Å². The highest BCUT2D eigenvalue weighted by molar-refractivity contribution is 5.97. The van der Waals surface area contributed by atoms with Gasteiger partial charge < -0.3 is 25.0 Å². The molecule has 2 aromatic rings. The van der Waals surface area contributed by atoms with Gasteiger partial charge in [-0.05, 0) is 32.3 Å². The highest BCUT2D eigenvalue weighted by Gasteiger charge is 2.31. The van der Waals surface area contributed by atoms with Crippen molar-refractivity contribution in [2.45, 2.75) is 32.9 Å². The van der Waals surface area contributed by atoms with E-state index < -0.39 is 22.8 Å². The SMILES string of the molecule is CCn1cc(C(=O)O)c(=O)c2cc(F)c(N3CC[C@@H]([C@H](C)N)C3)c(OC)c21. The van der Waals surface area contributed by atoms with Crippen molar-refractivity contribution in [3.8, 4) is 5.75 Å². The van der Waals surface area contributed by atoms with E-state index in [0.717, 1.165) is 12.5 Å². The van der Waals surface area contributed by atoms with Crippen LogP contribution in [0.3, 0.4) is 0 Å². The first-order valence-electron chi connectivity index (χ1n) is 8.97. The summed E-state index contributed by atoms with van der Waals surface area (Å²) in [5, 5.41) is 9.29. The Morgan fingerprint density at radius 2 is 2.22 bits per heavy atom. The number of nitrogens with zero attached hydrogens (tertiary/aromatic N) is 2. The van der Waals surface area contributed by atoms with Crippen molar-refractivity contribution in [3.63, 3.8) is 0 Å². The first-order valence-corrected chi connectivity index (χ1v) is 8.97. The van der Waals surface area contributed by atoms with E-state index >= 15 is 4.39 Å². The molecule has 27 heavy (non-hydrogen) atoms. The van der Waals surface area contributed by atoms with Crippen LogP contribution in [-0.2, 0) is 6.54 Å². The number of hydrogen-bond acceptors (Lipinski definition) is 5. The van der Waals surface area contributed by atoms with E-state index in [2.05, 4.69) is 0 Å². The molecule has 1 aliphatic rings. The van der Waals surface area contributed by atoms with Gasteiger partial charge in [0.1, 0.15) is 11.3 Å². The van der Waals surface area contributed by atoms with Gasteiger partial charge in [0.05, 0.1) is 18.0 Å². The van der Waals surface area contributed by atoms with E-state index in [1.165, 1.54) is 13.3 Å². The number of carboxylic acids is 1. The summed E-state index contributed by atoms with van der Waals surface area (Å²) >= 11 is 0. The number of methoxy groups -OCH3 is 1. The standard InChI is InChI=1S/C19H24FN3O4/c1-4-22-9-13(19(25)26)17(24)12-7-14(20)16(18(27-3)15(12)22)23-6-5-11(8-23)10(2)21/h7,9-11H,4-6,8,21H2,1-3H3,(H,25,26)/t10-,11+/m0/s1. The largest absolute Gasteiger partial charge is 0.492 e. The lowest BCUT2D eigenvalue weighted by Crippen LogP contribution is -2.30. The minimum atomic E-state index is -1.34. The van der Waals surface area contributed by atoms with Crippen LogP contribution in [0, 0.1) is 11.7 Å². The van der Waals surface area contributed by atoms with Gasteiger partial charge in [-0.2, -0.15) is 0 Å². The van der Waals surface area contributed by atoms with Gasteiger partial charge in [-0.15, -0.1) is 0 Å². The lowest BCUT2D eigenvalue weighted by Gasteiger charge is -2.25. The van der Waals surface area contributed by atoms with E-state index in [0.29, 0.717) is 25.2 Å². The second kappa shape index (κ2) is 7.19. The third kappa shape index (κ3) is 3.14. The maximum absolute atomic E-state index is 15.0. The monoisotopic (exact) mass is 377 g/mol. The summed E-state index contributed by atoms with van der Waals surface area (Å²) in [6, 6.07) is 1.12. The van der Waals surface area contributed by atoms with Gasteiger partial charge >= 0.3 is 5.97 Å². The van der Waals surface area contributed by atoms with Crippen LogP contribution in [0.2, 0.25) is 0 Å². The summed E-state index contributed by atoms with van der Waals surface area (Å²) in [6.45, 7) is 5.39. The number of hydrogen-bond donors (Lipinski definition) is 2. The molecule has 0 saturated carbocycles. The Kier molecular flexibility index (Phi) is 5.10. The molecule has 0 radical (unpaired) electrons. The minimum absolute atomic E-state index is 0.00205. The number of carboxylic acid groups (broad SMARTS) is 1. The molecule has 2 atom stereocenters. The van der Waals surface area contributed by atoms with Crippen molar-refractivity contribution in [1.29, 1.82) is 0 Å². The summed E-state index contributed by atoms with van der Waals surface area (Å²) in [7, 11) is 1.42. The van der Waals surface area contributed by atoms with E-state index in [-0.39, 0.29) is 28.8 Å². The van der Waals surface area contributed by atoms with Crippen LogP contribution < -0.4 is 20.8 Å². The lowest BCUT2D eigenvalue weighted by molar-refractivity contribution is 0.0695. The normalized spacial score (nSPS) is 18.1. The van der Waals surface area contributed by atoms with Crippen molar-refractivity contribution in [1.82, 2.24) is 4.57 Å². The van der Waals surface area contributed by atoms with Crippen molar-refractivity contribution < 1.29 is 19.0 Å². The minimum Gasteiger partial charge on any atom is -0.492 e. The van der Waals surface area contributed by atoms with Crippen LogP contribution in [-0.4, -0.2) is 41.9 Å². The molecule has 3 N–H and O–H groups in total. The first kappa shape index (κ1) is 19.2. The quantitative estimate of drug-likeness (QED) is 0.828. The summed E-state index contributed by atoms with van der Waals surface area (Å²) < 4.78 is 22.2. The lowest BCUT2D eigenvalue weighted by atomic mass is 10.0. The van der Waals surface area contributed by atoms with Crippen LogP contribution in [0.4, 0.5) is 10.1 Å². The van der Waals surface area contributed by atoms with Crippen LogP contribution in [0.25, 0.3) is 10.9 Å². The molecule has 1 aromatic heterocycles. The number of benzene rings is 1. The number of halogens is 1. The maximum Gasteiger partial charge on any atom is 0.341 e. The fourth-order valence-electron chi connectivity index (χ4n) is 3.80. The third-order valence-corrected chi connectivity index (χ3v) is 5.30. The molecular formula is C19H24FN3O4. The molecule has 1 aliphatic heterocycles. The Hall–Kier alpha value is -2.61. The number of aromatic nitrogens is 1. The van der Waals surface area contributed by atoms with Crippen LogP contribution in [0.1, 0.15) is 30.6 Å². The second-order valence-electron chi connectivity index (χ2n) is 6.95. The summed E-state index contributed by atoms with van der Waals surface area (Å²) in [6.07, 6.45) is 2.13. The summed E-state index contributed by atoms with van der Waals surface area (Å²) in [5.74, 6) is -1.46. The number of carbonyl (C=O) groups is 1. The Bertz CT molecular complexity index is 954. The smallest absolute Gasteiger partial charge is 0.341 e. The Labute approximate surface area is 156 Å². The fourth-order valence-corrected chi connectivity index (χ4v) is 3.80. The molecule has 2 heterocycles. The Morgan fingerprint density at radius 3 is 2.74 bits per heavy atom. The molecule has 0 spiro atoms. The van der Waals surface area contributed by atoms with Crippen LogP contribution in [0.5, 0.6) is 5.75 Å². The number of fused-ring (bicyclic) bond motifs is 1. The molecule has 8 heteroatoms. The first-order chi connectivity index (χ1) is 12.8. The van der Waals surface area contributed by atoms with Crippen molar-refractivity contribution in [3.05, 3.63) is 33.9 Å². The topological polar surface area (TPSA) is 97.8 Å². The number of aryl methyl sites for hydroxylation is 1. The number of ether oxygens (including phenoxy) is 1. The third-order valence-electron chi connectivity index (χ3n) is 5.30. The van der Waals surface area contributed by atoms with E-state index in [1.807, 2.05) is 18.7 Å². The zero-order valence-corrected chi connectivity index (χ0v) is 15.7. The molecule has 3 rings (SSSR count). The van der Waals surface area contributed by atoms with Crippen LogP contribution in [0.15, 0.2) is 17.1 Å². The van der Waals surface area contributed by atoms with Gasteiger partial charge in [0, 0.05) is 31.9 Å². The molecule has 1 fully saturated rings. The number of rotatable bonds is 5. The van der Waals surface area contributed by atoms with E-state index in [9.17, 15) is 14.7 Å². The fraction of sp³-hybridized carbons (Fsp3) is 0.474. The number of anilines is 1. The van der Waals surface area contributed by atoms with Crippen molar-refractivity contribution >= 4 is 22.6 Å². The second-order valence-corrected chi connectivity index (χ2v) is 6.95. The molecule has 0 aliphatic carbocycles. The van der Waals surface area contributed by atoms with Gasteiger partial charge in [0.15, 0.2) is 11.6 Å². The highest BCUT2D eigenvalue weighted by atomic mass is 19.1. The Balaban J connectivity index is 2.29. The molecule has 0 bridgehead atoms. The zero-order valence-electron chi connectivity index (χ0n) is 15.7. The van der Waals surface area contributed by atoms with Gasteiger partial charge in [-0.25, -0.2) is 9.18 Å². The average molecular weight is 377 g/mol. The average Bonchev–Trinajstić information content (AvgIpc) is 3.11. The summed E-state index contributed by atoms with van der Waals surface area (Å²) in [4.78, 5) is 25.9. The van der Waals surface area contributed by atoms with Gasteiger partial charge in [-0.3, -0.25) is 4.79 Å². The molecule has 1 aromatic carbocycles. The highest BCUT2D eigenvalue weighted by Crippen LogP contribution is 2.40. The Morgan fingerprint density at radius 1 is 1.52 bits per heavy atom. The molecule has 146 valence electrons. The number of pyridine rings is 1.